The summed E-state index contributed by atoms with van der Waals surface area (Å²) in [6.45, 7) is 4.64. The van der Waals surface area contributed by atoms with Crippen LogP contribution < -0.4 is 10.1 Å². The van der Waals surface area contributed by atoms with E-state index < -0.39 is 15.9 Å². The monoisotopic (exact) mass is 326 g/mol. The van der Waals surface area contributed by atoms with E-state index in [2.05, 4.69) is 11.9 Å². The lowest BCUT2D eigenvalue weighted by atomic mass is 10.3. The molecular weight excluding hydrogens is 308 g/mol. The second-order valence-electron chi connectivity index (χ2n) is 4.58. The number of rotatable bonds is 5. The van der Waals surface area contributed by atoms with Crippen LogP contribution in [0, 0.1) is 0 Å². The first-order valence-corrected chi connectivity index (χ1v) is 8.12. The Morgan fingerprint density at radius 1 is 1.41 bits per heavy atom. The molecule has 0 atom stereocenters. The van der Waals surface area contributed by atoms with Crippen molar-refractivity contribution in [2.45, 2.75) is 4.90 Å². The van der Waals surface area contributed by atoms with Gasteiger partial charge in [-0.05, 0) is 24.3 Å². The zero-order chi connectivity index (χ0) is 16.2. The van der Waals surface area contributed by atoms with E-state index >= 15 is 0 Å². The Hall–Kier alpha value is -1.90. The third-order valence-electron chi connectivity index (χ3n) is 3.20. The lowest BCUT2D eigenvalue weighted by molar-refractivity contribution is -0.111. The molecule has 1 N–H and O–H groups in total. The molecule has 0 aromatic heterocycles. The number of anilines is 1. The van der Waals surface area contributed by atoms with E-state index in [4.69, 9.17) is 9.47 Å². The number of sulfonamides is 1. The van der Waals surface area contributed by atoms with Crippen LogP contribution in [0.4, 0.5) is 5.69 Å². The number of hydrogen-bond acceptors (Lipinski definition) is 5. The van der Waals surface area contributed by atoms with Crippen molar-refractivity contribution in [1.29, 1.82) is 0 Å². The fourth-order valence-corrected chi connectivity index (χ4v) is 3.66. The zero-order valence-electron chi connectivity index (χ0n) is 12.2. The Morgan fingerprint density at radius 2 is 2.09 bits per heavy atom. The van der Waals surface area contributed by atoms with Gasteiger partial charge in [-0.2, -0.15) is 4.31 Å². The minimum absolute atomic E-state index is 0.0127. The number of ether oxygens (including phenoxy) is 2. The first kappa shape index (κ1) is 16.5. The van der Waals surface area contributed by atoms with Crippen LogP contribution in [0.1, 0.15) is 0 Å². The summed E-state index contributed by atoms with van der Waals surface area (Å²) in [5.74, 6) is -0.192. The predicted octanol–water partition coefficient (Wildman–Crippen LogP) is 0.841. The summed E-state index contributed by atoms with van der Waals surface area (Å²) < 4.78 is 37.1. The van der Waals surface area contributed by atoms with E-state index in [9.17, 15) is 13.2 Å². The van der Waals surface area contributed by atoms with Crippen LogP contribution in [-0.4, -0.2) is 52.0 Å². The number of carbonyl (C=O) groups excluding carboxylic acids is 1. The standard InChI is InChI=1S/C14H18N2O5S/c1-3-14(17)15-11-4-5-12(20-2)13(10-11)22(18,19)16-6-8-21-9-7-16/h3-5,10H,1,6-9H2,2H3,(H,15,17). The van der Waals surface area contributed by atoms with Crippen LogP contribution in [0.25, 0.3) is 0 Å². The number of hydrogen-bond donors (Lipinski definition) is 1. The molecule has 1 heterocycles. The Morgan fingerprint density at radius 3 is 2.68 bits per heavy atom. The van der Waals surface area contributed by atoms with E-state index in [1.165, 1.54) is 23.5 Å². The summed E-state index contributed by atoms with van der Waals surface area (Å²) in [5, 5.41) is 2.54. The van der Waals surface area contributed by atoms with E-state index in [1.807, 2.05) is 0 Å². The second-order valence-corrected chi connectivity index (χ2v) is 6.48. The van der Waals surface area contributed by atoms with Crippen LogP contribution in [0.15, 0.2) is 35.7 Å². The summed E-state index contributed by atoms with van der Waals surface area (Å²) in [5.41, 5.74) is 0.359. The smallest absolute Gasteiger partial charge is 0.247 e. The zero-order valence-corrected chi connectivity index (χ0v) is 13.1. The van der Waals surface area contributed by atoms with Gasteiger partial charge in [0, 0.05) is 18.8 Å². The molecule has 1 amide bonds. The van der Waals surface area contributed by atoms with E-state index in [0.29, 0.717) is 18.9 Å². The SMILES string of the molecule is C=CC(=O)Nc1ccc(OC)c(S(=O)(=O)N2CCOCC2)c1. The van der Waals surface area contributed by atoms with Gasteiger partial charge in [0.2, 0.25) is 15.9 Å². The van der Waals surface area contributed by atoms with E-state index in [0.717, 1.165) is 6.08 Å². The number of morpholine rings is 1. The van der Waals surface area contributed by atoms with Crippen LogP contribution >= 0.6 is 0 Å². The molecule has 0 radical (unpaired) electrons. The van der Waals surface area contributed by atoms with Crippen molar-refractivity contribution in [3.8, 4) is 5.75 Å². The minimum atomic E-state index is -3.72. The fraction of sp³-hybridized carbons (Fsp3) is 0.357. The molecule has 7 nitrogen and oxygen atoms in total. The molecule has 8 heteroatoms. The average Bonchev–Trinajstić information content (AvgIpc) is 2.55. The second kappa shape index (κ2) is 6.91. The molecule has 0 unspecified atom stereocenters. The Bertz CT molecular complexity index is 666. The number of nitrogens with one attached hydrogen (secondary N) is 1. The third kappa shape index (κ3) is 3.46. The van der Waals surface area contributed by atoms with Gasteiger partial charge >= 0.3 is 0 Å². The molecule has 1 aliphatic heterocycles. The maximum absolute atomic E-state index is 12.7. The van der Waals surface area contributed by atoms with Gasteiger partial charge in [-0.15, -0.1) is 0 Å². The van der Waals surface area contributed by atoms with Crippen molar-refractivity contribution < 1.29 is 22.7 Å². The first-order valence-electron chi connectivity index (χ1n) is 6.68. The molecule has 0 spiro atoms. The third-order valence-corrected chi connectivity index (χ3v) is 5.12. The maximum Gasteiger partial charge on any atom is 0.247 e. The number of carbonyl (C=O) groups is 1. The highest BCUT2D eigenvalue weighted by Gasteiger charge is 2.29. The highest BCUT2D eigenvalue weighted by Crippen LogP contribution is 2.30. The van der Waals surface area contributed by atoms with Crippen molar-refractivity contribution in [3.05, 3.63) is 30.9 Å². The normalized spacial score (nSPS) is 16.0. The lowest BCUT2D eigenvalue weighted by Crippen LogP contribution is -2.40. The molecule has 1 aromatic rings. The molecule has 120 valence electrons. The van der Waals surface area contributed by atoms with Gasteiger partial charge in [0.15, 0.2) is 0 Å². The molecular formula is C14H18N2O5S. The van der Waals surface area contributed by atoms with E-state index in [1.54, 1.807) is 6.07 Å². The van der Waals surface area contributed by atoms with Crippen LogP contribution in [-0.2, 0) is 19.6 Å². The molecule has 0 saturated carbocycles. The van der Waals surface area contributed by atoms with Crippen molar-refractivity contribution in [2.75, 3.05) is 38.7 Å². The molecule has 1 saturated heterocycles. The van der Waals surface area contributed by atoms with E-state index in [-0.39, 0.29) is 23.7 Å². The Balaban J connectivity index is 2.40. The van der Waals surface area contributed by atoms with Crippen molar-refractivity contribution in [1.82, 2.24) is 4.31 Å². The fourth-order valence-electron chi connectivity index (χ4n) is 2.08. The molecule has 0 aliphatic carbocycles. The average molecular weight is 326 g/mol. The largest absolute Gasteiger partial charge is 0.495 e. The first-order chi connectivity index (χ1) is 10.5. The number of amides is 1. The summed E-state index contributed by atoms with van der Waals surface area (Å²) >= 11 is 0. The molecule has 1 aromatic carbocycles. The van der Waals surface area contributed by atoms with Gasteiger partial charge in [-0.25, -0.2) is 8.42 Å². The number of benzene rings is 1. The van der Waals surface area contributed by atoms with Gasteiger partial charge in [-0.1, -0.05) is 6.58 Å². The quantitative estimate of drug-likeness (QED) is 0.811. The minimum Gasteiger partial charge on any atom is -0.495 e. The van der Waals surface area contributed by atoms with Crippen molar-refractivity contribution in [3.63, 3.8) is 0 Å². The Labute approximate surface area is 129 Å². The Kier molecular flexibility index (Phi) is 5.17. The van der Waals surface area contributed by atoms with Gasteiger partial charge in [0.05, 0.1) is 20.3 Å². The summed E-state index contributed by atoms with van der Waals surface area (Å²) in [7, 11) is -2.32. The molecule has 1 fully saturated rings. The molecule has 0 bridgehead atoms. The van der Waals surface area contributed by atoms with Gasteiger partial charge in [0.1, 0.15) is 10.6 Å². The van der Waals surface area contributed by atoms with Gasteiger partial charge in [-0.3, -0.25) is 4.79 Å². The predicted molar refractivity (Wildman–Crippen MR) is 81.4 cm³/mol. The summed E-state index contributed by atoms with van der Waals surface area (Å²) in [4.78, 5) is 11.4. The summed E-state index contributed by atoms with van der Waals surface area (Å²) in [6.07, 6.45) is 1.11. The summed E-state index contributed by atoms with van der Waals surface area (Å²) in [6, 6.07) is 4.45. The lowest BCUT2D eigenvalue weighted by Gasteiger charge is -2.26. The van der Waals surface area contributed by atoms with Crippen LogP contribution in [0.3, 0.4) is 0 Å². The van der Waals surface area contributed by atoms with Crippen LogP contribution in [0.5, 0.6) is 5.75 Å². The highest BCUT2D eigenvalue weighted by molar-refractivity contribution is 7.89. The van der Waals surface area contributed by atoms with Gasteiger partial charge in [0.25, 0.3) is 0 Å². The molecule has 2 rings (SSSR count). The van der Waals surface area contributed by atoms with Crippen molar-refractivity contribution >= 4 is 21.6 Å². The number of nitrogens with zero attached hydrogens (tertiary/aromatic N) is 1. The number of methoxy groups -OCH3 is 1. The van der Waals surface area contributed by atoms with Crippen molar-refractivity contribution in [2.24, 2.45) is 0 Å². The van der Waals surface area contributed by atoms with Crippen LogP contribution in [0.2, 0.25) is 0 Å². The molecule has 22 heavy (non-hydrogen) atoms. The van der Waals surface area contributed by atoms with Gasteiger partial charge < -0.3 is 14.8 Å². The highest BCUT2D eigenvalue weighted by atomic mass is 32.2. The topological polar surface area (TPSA) is 84.9 Å². The maximum atomic E-state index is 12.7. The molecule has 1 aliphatic rings.